The van der Waals surface area contributed by atoms with E-state index in [2.05, 4.69) is 134 Å². The minimum absolute atomic E-state index is 0. The summed E-state index contributed by atoms with van der Waals surface area (Å²) in [6.07, 6.45) is 12.8. The molecule has 0 amide bonds. The molecule has 1 radical (unpaired) electrons. The molecule has 1 saturated carbocycles. The Morgan fingerprint density at radius 3 is 2.06 bits per heavy atom. The monoisotopic (exact) mass is 830 g/mol. The van der Waals surface area contributed by atoms with E-state index in [1.165, 1.54) is 65.3 Å². The first-order valence-electron chi connectivity index (χ1n) is 17.5. The Balaban J connectivity index is 0.000000171. The Hall–Kier alpha value is -4.63. The second-order valence-electron chi connectivity index (χ2n) is 14.1. The quantitative estimate of drug-likeness (QED) is 0.162. The molecule has 0 N–H and O–H groups in total. The van der Waals surface area contributed by atoms with Crippen LogP contribution in [-0.4, -0.2) is 14.8 Å². The van der Waals surface area contributed by atoms with Gasteiger partial charge >= 0.3 is 0 Å². The number of hydrogen-bond donors (Lipinski definition) is 0. The molecule has 0 saturated heterocycles. The molecule has 2 aromatic heterocycles. The summed E-state index contributed by atoms with van der Waals surface area (Å²) in [7, 11) is 0. The molecule has 5 aromatic carbocycles. The zero-order valence-electron chi connectivity index (χ0n) is 29.1. The van der Waals surface area contributed by atoms with Crippen molar-refractivity contribution in [3.8, 4) is 39.2 Å². The molecule has 1 fully saturated rings. The number of hydrogen-bond acceptors (Lipinski definition) is 2. The predicted molar refractivity (Wildman–Crippen MR) is 204 cm³/mol. The molecule has 0 unspecified atom stereocenters. The van der Waals surface area contributed by atoms with Gasteiger partial charge in [0.1, 0.15) is 0 Å². The SMILES string of the molecule is CC(C)(C)c1ccc(-c2cc[c-]c(-c3cc4ccccc4cn3)c2)cc1.[Ir].[c-]1ccccc1-n1cc(-c2ccc(C3CCCCC3)cc2)cn1. The number of fused-ring (bicyclic) bond motifs is 1. The maximum atomic E-state index is 4.63. The standard InChI is InChI=1S/C25H22N.C21H21N2.Ir/c1-25(2,3)23-13-11-18(12-14-23)19-9-6-10-21(15-19)24-16-20-7-4-5-8-22(20)17-26-24;1-3-7-17(8-4-1)18-11-13-19(14-12-18)20-15-22-23(16-20)21-9-5-2-6-10-21;/h4-9,11-17H,1-3H3;2,5-6,9,11-17H,1,3-4,7-8H2;/q2*-1;. The van der Waals surface area contributed by atoms with Crippen LogP contribution in [0.3, 0.4) is 0 Å². The zero-order valence-corrected chi connectivity index (χ0v) is 31.5. The van der Waals surface area contributed by atoms with Gasteiger partial charge in [0.15, 0.2) is 0 Å². The molecule has 50 heavy (non-hydrogen) atoms. The van der Waals surface area contributed by atoms with E-state index in [0.29, 0.717) is 0 Å². The molecule has 7 aromatic rings. The number of benzene rings is 5. The molecule has 0 bridgehead atoms. The van der Waals surface area contributed by atoms with Crippen LogP contribution in [0, 0.1) is 12.1 Å². The fraction of sp³-hybridized carbons (Fsp3) is 0.217. The van der Waals surface area contributed by atoms with Crippen molar-refractivity contribution in [3.05, 3.63) is 163 Å². The molecule has 253 valence electrons. The van der Waals surface area contributed by atoms with Gasteiger partial charge in [-0.15, -0.1) is 41.5 Å². The van der Waals surface area contributed by atoms with Crippen LogP contribution in [0.4, 0.5) is 0 Å². The summed E-state index contributed by atoms with van der Waals surface area (Å²) in [5, 5.41) is 6.82. The van der Waals surface area contributed by atoms with Crippen molar-refractivity contribution < 1.29 is 20.1 Å². The van der Waals surface area contributed by atoms with Crippen molar-refractivity contribution in [1.29, 1.82) is 0 Å². The van der Waals surface area contributed by atoms with E-state index in [4.69, 9.17) is 0 Å². The predicted octanol–water partition coefficient (Wildman–Crippen LogP) is 12.1. The number of rotatable bonds is 5. The van der Waals surface area contributed by atoms with Gasteiger partial charge < -0.3 is 4.98 Å². The Kier molecular flexibility index (Phi) is 11.2. The maximum absolute atomic E-state index is 4.63. The van der Waals surface area contributed by atoms with Gasteiger partial charge in [-0.3, -0.25) is 4.68 Å². The van der Waals surface area contributed by atoms with Crippen molar-refractivity contribution in [2.45, 2.75) is 64.2 Å². The number of pyridine rings is 1. The van der Waals surface area contributed by atoms with E-state index < -0.39 is 0 Å². The molecule has 8 rings (SSSR count). The molecule has 0 aliphatic heterocycles. The van der Waals surface area contributed by atoms with Crippen molar-refractivity contribution >= 4 is 10.8 Å². The third-order valence-corrected chi connectivity index (χ3v) is 9.64. The van der Waals surface area contributed by atoms with E-state index in [0.717, 1.165) is 33.8 Å². The molecule has 0 atom stereocenters. The normalized spacial score (nSPS) is 13.3. The molecule has 3 nitrogen and oxygen atoms in total. The fourth-order valence-electron chi connectivity index (χ4n) is 6.70. The van der Waals surface area contributed by atoms with Gasteiger partial charge in [0.25, 0.3) is 0 Å². The molecule has 1 aliphatic rings. The Labute approximate surface area is 310 Å². The van der Waals surface area contributed by atoms with Gasteiger partial charge in [-0.05, 0) is 68.6 Å². The summed E-state index contributed by atoms with van der Waals surface area (Å²) >= 11 is 0. The van der Waals surface area contributed by atoms with Crippen LogP contribution in [0.25, 0.3) is 50.0 Å². The summed E-state index contributed by atoms with van der Waals surface area (Å²) in [6.45, 7) is 6.72. The summed E-state index contributed by atoms with van der Waals surface area (Å²) in [6, 6.07) is 49.1. The van der Waals surface area contributed by atoms with Crippen molar-refractivity contribution in [1.82, 2.24) is 14.8 Å². The van der Waals surface area contributed by atoms with Crippen molar-refractivity contribution in [2.24, 2.45) is 0 Å². The third-order valence-electron chi connectivity index (χ3n) is 9.64. The third kappa shape index (κ3) is 8.38. The summed E-state index contributed by atoms with van der Waals surface area (Å²) < 4.78 is 1.88. The number of nitrogens with zero attached hydrogens (tertiary/aromatic N) is 3. The van der Waals surface area contributed by atoms with E-state index in [9.17, 15) is 0 Å². The van der Waals surface area contributed by atoms with Gasteiger partial charge in [-0.1, -0.05) is 119 Å². The molecule has 4 heteroatoms. The minimum atomic E-state index is 0. The Morgan fingerprint density at radius 2 is 1.34 bits per heavy atom. The minimum Gasteiger partial charge on any atom is -0.304 e. The van der Waals surface area contributed by atoms with Crippen LogP contribution >= 0.6 is 0 Å². The Bertz CT molecular complexity index is 2120. The van der Waals surface area contributed by atoms with Crippen LogP contribution in [-0.2, 0) is 25.5 Å². The van der Waals surface area contributed by atoms with Gasteiger partial charge in [0, 0.05) is 38.1 Å². The number of aromatic nitrogens is 3. The number of para-hydroxylation sites is 1. The molecule has 0 spiro atoms. The summed E-state index contributed by atoms with van der Waals surface area (Å²) in [4.78, 5) is 4.63. The topological polar surface area (TPSA) is 30.7 Å². The Morgan fingerprint density at radius 1 is 0.640 bits per heavy atom. The van der Waals surface area contributed by atoms with Crippen LogP contribution in [0.5, 0.6) is 0 Å². The van der Waals surface area contributed by atoms with Gasteiger partial charge in [-0.25, -0.2) is 0 Å². The summed E-state index contributed by atoms with van der Waals surface area (Å²) in [5.41, 5.74) is 10.7. The van der Waals surface area contributed by atoms with Gasteiger partial charge in [0.2, 0.25) is 0 Å². The second-order valence-corrected chi connectivity index (χ2v) is 14.1. The van der Waals surface area contributed by atoms with Crippen molar-refractivity contribution in [3.63, 3.8) is 0 Å². The van der Waals surface area contributed by atoms with Gasteiger partial charge in [-0.2, -0.15) is 29.4 Å². The molecule has 2 heterocycles. The molecular formula is C46H43IrN3-2. The van der Waals surface area contributed by atoms with Crippen LogP contribution in [0.1, 0.15) is 69.9 Å². The fourth-order valence-corrected chi connectivity index (χ4v) is 6.70. The van der Waals surface area contributed by atoms with E-state index >= 15 is 0 Å². The first-order valence-corrected chi connectivity index (χ1v) is 17.5. The van der Waals surface area contributed by atoms with Gasteiger partial charge in [0.05, 0.1) is 6.20 Å². The maximum Gasteiger partial charge on any atom is 0.0571 e. The van der Waals surface area contributed by atoms with E-state index in [-0.39, 0.29) is 25.5 Å². The zero-order chi connectivity index (χ0) is 33.6. The average molecular weight is 830 g/mol. The van der Waals surface area contributed by atoms with Crippen LogP contribution in [0.15, 0.2) is 140 Å². The largest absolute Gasteiger partial charge is 0.304 e. The average Bonchev–Trinajstić information content (AvgIpc) is 3.66. The molecule has 1 aliphatic carbocycles. The van der Waals surface area contributed by atoms with Crippen LogP contribution in [0.2, 0.25) is 0 Å². The smallest absolute Gasteiger partial charge is 0.0571 e. The van der Waals surface area contributed by atoms with E-state index in [1.54, 1.807) is 0 Å². The molecular weight excluding hydrogens is 787 g/mol. The van der Waals surface area contributed by atoms with Crippen LogP contribution < -0.4 is 0 Å². The van der Waals surface area contributed by atoms with Crippen molar-refractivity contribution in [2.75, 3.05) is 0 Å². The first-order chi connectivity index (χ1) is 23.9. The summed E-state index contributed by atoms with van der Waals surface area (Å²) in [5.74, 6) is 0.763. The first kappa shape index (κ1) is 35.2. The van der Waals surface area contributed by atoms with E-state index in [1.807, 2.05) is 53.5 Å². The second kappa shape index (κ2) is 15.9.